The molecule has 1 amide bonds. The molecule has 2 aliphatic rings. The molecule has 2 aliphatic heterocycles. The summed E-state index contributed by atoms with van der Waals surface area (Å²) in [6.45, 7) is 7.73. The molecule has 0 spiro atoms. The second-order valence-corrected chi connectivity index (χ2v) is 10.2. The summed E-state index contributed by atoms with van der Waals surface area (Å²) in [6, 6.07) is 8.49. The second kappa shape index (κ2) is 8.14. The maximum absolute atomic E-state index is 13.4. The first-order chi connectivity index (χ1) is 14.2. The monoisotopic (exact) mass is 427 g/mol. The number of likely N-dealkylation sites (tertiary alicyclic amines) is 1. The normalized spacial score (nSPS) is 20.6. The molecule has 0 unspecified atom stereocenters. The number of aromatic nitrogens is 1. The lowest BCUT2D eigenvalue weighted by atomic mass is 9.94. The van der Waals surface area contributed by atoms with E-state index < -0.39 is 0 Å². The van der Waals surface area contributed by atoms with E-state index in [0.717, 1.165) is 35.9 Å². The van der Waals surface area contributed by atoms with Crippen molar-refractivity contribution in [3.05, 3.63) is 50.8 Å². The minimum atomic E-state index is 0.182. The summed E-state index contributed by atoms with van der Waals surface area (Å²) in [5.41, 5.74) is 1.27. The molecule has 1 aromatic carbocycles. The smallest absolute Gasteiger partial charge is 0.264 e. The summed E-state index contributed by atoms with van der Waals surface area (Å²) in [5.74, 6) is 0.584. The summed E-state index contributed by atoms with van der Waals surface area (Å²) in [7, 11) is 0. The third kappa shape index (κ3) is 3.84. The topological polar surface area (TPSA) is 45.7 Å². The molecule has 1 atom stereocenters. The first kappa shape index (κ1) is 19.2. The minimum Gasteiger partial charge on any atom is -0.378 e. The van der Waals surface area contributed by atoms with Gasteiger partial charge in [-0.3, -0.25) is 9.69 Å². The van der Waals surface area contributed by atoms with Gasteiger partial charge in [-0.2, -0.15) is 0 Å². The summed E-state index contributed by atoms with van der Waals surface area (Å²) >= 11 is 3.44. The highest BCUT2D eigenvalue weighted by Gasteiger charge is 2.32. The summed E-state index contributed by atoms with van der Waals surface area (Å²) in [4.78, 5) is 24.5. The number of thiazole rings is 1. The number of rotatable bonds is 4. The Morgan fingerprint density at radius 2 is 2.03 bits per heavy atom. The van der Waals surface area contributed by atoms with Crippen LogP contribution in [0.3, 0.4) is 0 Å². The lowest BCUT2D eigenvalue weighted by molar-refractivity contribution is 0.0305. The summed E-state index contributed by atoms with van der Waals surface area (Å²) in [5, 5.41) is 2.38. The van der Waals surface area contributed by atoms with Gasteiger partial charge in [0.1, 0.15) is 0 Å². The minimum absolute atomic E-state index is 0.182. The Labute approximate surface area is 178 Å². The van der Waals surface area contributed by atoms with Crippen LogP contribution in [0.25, 0.3) is 10.1 Å². The van der Waals surface area contributed by atoms with Crippen molar-refractivity contribution in [1.29, 1.82) is 0 Å². The quantitative estimate of drug-likeness (QED) is 0.628. The number of aryl methyl sites for hydroxylation is 1. The molecule has 0 radical (unpaired) electrons. The van der Waals surface area contributed by atoms with Crippen LogP contribution in [0.15, 0.2) is 30.5 Å². The zero-order valence-corrected chi connectivity index (χ0v) is 18.2. The number of hydrogen-bond acceptors (Lipinski definition) is 6. The van der Waals surface area contributed by atoms with Crippen LogP contribution < -0.4 is 0 Å². The van der Waals surface area contributed by atoms with Gasteiger partial charge < -0.3 is 9.64 Å². The molecule has 7 heteroatoms. The molecule has 3 aromatic rings. The Hall–Kier alpha value is -1.80. The van der Waals surface area contributed by atoms with Crippen molar-refractivity contribution >= 4 is 38.7 Å². The summed E-state index contributed by atoms with van der Waals surface area (Å²) in [6.07, 6.45) is 3.10. The first-order valence-electron chi connectivity index (χ1n) is 10.2. The number of fused-ring (bicyclic) bond motifs is 1. The fraction of sp³-hybridized carbons (Fsp3) is 0.455. The number of carbonyl (C=O) groups is 1. The summed E-state index contributed by atoms with van der Waals surface area (Å²) < 4.78 is 6.66. The number of nitrogens with zero attached hydrogens (tertiary/aromatic N) is 3. The molecule has 5 nitrogen and oxygen atoms in total. The number of ether oxygens (including phenoxy) is 1. The highest BCUT2D eigenvalue weighted by molar-refractivity contribution is 7.21. The fourth-order valence-electron chi connectivity index (χ4n) is 4.45. The van der Waals surface area contributed by atoms with E-state index in [1.807, 2.05) is 11.1 Å². The Morgan fingerprint density at radius 1 is 1.21 bits per heavy atom. The van der Waals surface area contributed by atoms with Crippen LogP contribution >= 0.6 is 22.7 Å². The van der Waals surface area contributed by atoms with Crippen molar-refractivity contribution in [2.75, 3.05) is 39.4 Å². The molecule has 152 valence electrons. The van der Waals surface area contributed by atoms with Gasteiger partial charge >= 0.3 is 0 Å². The van der Waals surface area contributed by atoms with Gasteiger partial charge in [-0.25, -0.2) is 4.98 Å². The van der Waals surface area contributed by atoms with Crippen molar-refractivity contribution in [2.24, 2.45) is 0 Å². The van der Waals surface area contributed by atoms with Crippen LogP contribution in [-0.4, -0.2) is 60.1 Å². The molecule has 0 saturated carbocycles. The van der Waals surface area contributed by atoms with Gasteiger partial charge in [0.25, 0.3) is 5.91 Å². The van der Waals surface area contributed by atoms with Crippen molar-refractivity contribution in [3.8, 4) is 0 Å². The van der Waals surface area contributed by atoms with Gasteiger partial charge in [0.2, 0.25) is 0 Å². The molecule has 29 heavy (non-hydrogen) atoms. The van der Waals surface area contributed by atoms with E-state index in [9.17, 15) is 4.79 Å². The van der Waals surface area contributed by atoms with E-state index in [1.165, 1.54) is 20.5 Å². The van der Waals surface area contributed by atoms with Crippen molar-refractivity contribution < 1.29 is 9.53 Å². The highest BCUT2D eigenvalue weighted by Crippen LogP contribution is 2.41. The average Bonchev–Trinajstić information content (AvgIpc) is 3.46. The zero-order valence-electron chi connectivity index (χ0n) is 16.6. The molecule has 2 fully saturated rings. The maximum atomic E-state index is 13.4. The number of amides is 1. The van der Waals surface area contributed by atoms with E-state index in [1.54, 1.807) is 22.7 Å². The lowest BCUT2D eigenvalue weighted by Crippen LogP contribution is -2.40. The SMILES string of the molecule is Cc1ncc(CN2CC[C@@H](c3c(C(=O)N4CCOCC4)sc4ccccc34)C2)s1. The largest absolute Gasteiger partial charge is 0.378 e. The molecular formula is C22H25N3O2S2. The molecular weight excluding hydrogens is 402 g/mol. The van der Waals surface area contributed by atoms with Gasteiger partial charge in [-0.15, -0.1) is 22.7 Å². The molecule has 2 aromatic heterocycles. The van der Waals surface area contributed by atoms with Crippen LogP contribution in [0.2, 0.25) is 0 Å². The van der Waals surface area contributed by atoms with Gasteiger partial charge in [-0.05, 0) is 36.9 Å². The van der Waals surface area contributed by atoms with Crippen LogP contribution in [0.5, 0.6) is 0 Å². The number of carbonyl (C=O) groups excluding carboxylic acids is 1. The van der Waals surface area contributed by atoms with Crippen LogP contribution in [0.1, 0.15) is 37.5 Å². The van der Waals surface area contributed by atoms with Crippen molar-refractivity contribution in [2.45, 2.75) is 25.8 Å². The van der Waals surface area contributed by atoms with Gasteiger partial charge in [-0.1, -0.05) is 18.2 Å². The fourth-order valence-corrected chi connectivity index (χ4v) is 6.55. The Kier molecular flexibility index (Phi) is 5.39. The Bertz CT molecular complexity index is 1020. The second-order valence-electron chi connectivity index (χ2n) is 7.81. The number of benzene rings is 1. The van der Waals surface area contributed by atoms with E-state index in [2.05, 4.69) is 41.1 Å². The van der Waals surface area contributed by atoms with E-state index in [0.29, 0.717) is 32.2 Å². The van der Waals surface area contributed by atoms with Gasteiger partial charge in [0, 0.05) is 47.9 Å². The number of hydrogen-bond donors (Lipinski definition) is 0. The molecule has 2 saturated heterocycles. The molecule has 0 N–H and O–H groups in total. The standard InChI is InChI=1S/C22H25N3O2S2/c1-15-23-12-17(28-15)14-24-7-6-16(13-24)20-18-4-2-3-5-19(18)29-21(20)22(26)25-8-10-27-11-9-25/h2-5,12,16H,6-11,13-14H2,1H3/t16-/m1/s1. The number of morpholine rings is 1. The van der Waals surface area contributed by atoms with Crippen LogP contribution in [-0.2, 0) is 11.3 Å². The van der Waals surface area contributed by atoms with E-state index in [4.69, 9.17) is 4.74 Å². The molecule has 0 bridgehead atoms. The maximum Gasteiger partial charge on any atom is 0.264 e. The third-order valence-electron chi connectivity index (χ3n) is 5.86. The Morgan fingerprint density at radius 3 is 2.83 bits per heavy atom. The lowest BCUT2D eigenvalue weighted by Gasteiger charge is -2.27. The van der Waals surface area contributed by atoms with Crippen LogP contribution in [0.4, 0.5) is 0 Å². The van der Waals surface area contributed by atoms with E-state index in [-0.39, 0.29) is 5.91 Å². The molecule has 0 aliphatic carbocycles. The van der Waals surface area contributed by atoms with Crippen molar-refractivity contribution in [3.63, 3.8) is 0 Å². The number of thiophene rings is 1. The zero-order chi connectivity index (χ0) is 19.8. The Balaban J connectivity index is 1.43. The average molecular weight is 428 g/mol. The predicted octanol–water partition coefficient (Wildman–Crippen LogP) is 4.13. The van der Waals surface area contributed by atoms with E-state index >= 15 is 0 Å². The van der Waals surface area contributed by atoms with Gasteiger partial charge in [0.15, 0.2) is 0 Å². The van der Waals surface area contributed by atoms with Gasteiger partial charge in [0.05, 0.1) is 23.1 Å². The third-order valence-corrected chi connectivity index (χ3v) is 7.93. The predicted molar refractivity (Wildman–Crippen MR) is 118 cm³/mol. The highest BCUT2D eigenvalue weighted by atomic mass is 32.1. The molecule has 5 rings (SSSR count). The molecule has 4 heterocycles. The van der Waals surface area contributed by atoms with Crippen molar-refractivity contribution in [1.82, 2.24) is 14.8 Å². The first-order valence-corrected chi connectivity index (χ1v) is 11.8. The van der Waals surface area contributed by atoms with Crippen LogP contribution in [0, 0.1) is 6.92 Å².